The van der Waals surface area contributed by atoms with Crippen molar-refractivity contribution in [2.45, 2.75) is 38.0 Å². The summed E-state index contributed by atoms with van der Waals surface area (Å²) in [7, 11) is -1.99. The standard InChI is InChI=1S/C19H24FN3O3S/c1-13-7-8-15(11-16(13)20)21-19(24)17-12-18(14(2)22(17)3)27(25,26)23-9-5-4-6-10-23/h7-8,11-12H,4-6,9-10H2,1-3H3,(H,21,24). The van der Waals surface area contributed by atoms with Crippen LogP contribution < -0.4 is 5.32 Å². The number of aryl methyl sites for hydroxylation is 1. The lowest BCUT2D eigenvalue weighted by molar-refractivity contribution is 0.101. The first kappa shape index (κ1) is 19.6. The van der Waals surface area contributed by atoms with Crippen LogP contribution in [0.2, 0.25) is 0 Å². The maximum atomic E-state index is 13.7. The Morgan fingerprint density at radius 2 is 1.78 bits per heavy atom. The molecule has 1 amide bonds. The summed E-state index contributed by atoms with van der Waals surface area (Å²) in [6, 6.07) is 5.83. The van der Waals surface area contributed by atoms with Crippen LogP contribution >= 0.6 is 0 Å². The second-order valence-corrected chi connectivity index (χ2v) is 8.83. The van der Waals surface area contributed by atoms with E-state index >= 15 is 0 Å². The number of piperidine rings is 1. The van der Waals surface area contributed by atoms with Gasteiger partial charge in [0.05, 0.1) is 0 Å². The van der Waals surface area contributed by atoms with Crippen LogP contribution in [0.15, 0.2) is 29.2 Å². The molecule has 27 heavy (non-hydrogen) atoms. The van der Waals surface area contributed by atoms with Crippen molar-refractivity contribution in [2.75, 3.05) is 18.4 Å². The largest absolute Gasteiger partial charge is 0.343 e. The van der Waals surface area contributed by atoms with Gasteiger partial charge < -0.3 is 9.88 Å². The normalized spacial score (nSPS) is 15.7. The molecule has 1 N–H and O–H groups in total. The van der Waals surface area contributed by atoms with E-state index in [4.69, 9.17) is 0 Å². The van der Waals surface area contributed by atoms with Crippen molar-refractivity contribution in [1.82, 2.24) is 8.87 Å². The zero-order valence-electron chi connectivity index (χ0n) is 15.8. The Morgan fingerprint density at radius 3 is 2.41 bits per heavy atom. The van der Waals surface area contributed by atoms with Crippen LogP contribution in [0.3, 0.4) is 0 Å². The first-order valence-corrected chi connectivity index (χ1v) is 10.4. The van der Waals surface area contributed by atoms with Crippen molar-refractivity contribution >= 4 is 21.6 Å². The summed E-state index contributed by atoms with van der Waals surface area (Å²) >= 11 is 0. The molecule has 0 aliphatic carbocycles. The molecule has 1 aliphatic rings. The number of hydrogen-bond acceptors (Lipinski definition) is 3. The third kappa shape index (κ3) is 3.77. The van der Waals surface area contributed by atoms with Crippen molar-refractivity contribution < 1.29 is 17.6 Å². The van der Waals surface area contributed by atoms with Crippen LogP contribution in [0.5, 0.6) is 0 Å². The Labute approximate surface area is 159 Å². The van der Waals surface area contributed by atoms with Gasteiger partial charge in [0, 0.05) is 31.5 Å². The summed E-state index contributed by atoms with van der Waals surface area (Å²) in [4.78, 5) is 12.8. The van der Waals surface area contributed by atoms with Gasteiger partial charge in [0.1, 0.15) is 16.4 Å². The molecule has 1 aliphatic heterocycles. The Kier molecular flexibility index (Phi) is 5.39. The molecule has 3 rings (SSSR count). The van der Waals surface area contributed by atoms with E-state index in [1.54, 1.807) is 37.6 Å². The van der Waals surface area contributed by atoms with E-state index in [-0.39, 0.29) is 10.6 Å². The summed E-state index contributed by atoms with van der Waals surface area (Å²) in [6.07, 6.45) is 2.72. The molecule has 0 unspecified atom stereocenters. The van der Waals surface area contributed by atoms with Crippen LogP contribution in [0.25, 0.3) is 0 Å². The summed E-state index contributed by atoms with van der Waals surface area (Å²) in [5.74, 6) is -0.895. The van der Waals surface area contributed by atoms with E-state index < -0.39 is 21.7 Å². The zero-order chi connectivity index (χ0) is 19.8. The third-order valence-electron chi connectivity index (χ3n) is 5.08. The SMILES string of the molecule is Cc1ccc(NC(=O)c2cc(S(=O)(=O)N3CCCCC3)c(C)n2C)cc1F. The quantitative estimate of drug-likeness (QED) is 0.867. The number of carbonyl (C=O) groups is 1. The van der Waals surface area contributed by atoms with E-state index in [0.29, 0.717) is 30.0 Å². The molecule has 0 atom stereocenters. The summed E-state index contributed by atoms with van der Waals surface area (Å²) in [6.45, 7) is 4.32. The number of sulfonamides is 1. The summed E-state index contributed by atoms with van der Waals surface area (Å²) in [5.41, 5.74) is 1.52. The molecule has 2 heterocycles. The topological polar surface area (TPSA) is 71.4 Å². The van der Waals surface area contributed by atoms with Crippen LogP contribution in [0, 0.1) is 19.7 Å². The lowest BCUT2D eigenvalue weighted by atomic mass is 10.2. The molecule has 1 fully saturated rings. The molecular weight excluding hydrogens is 369 g/mol. The number of aromatic nitrogens is 1. The number of rotatable bonds is 4. The molecule has 1 aromatic heterocycles. The van der Waals surface area contributed by atoms with Crippen LogP contribution in [0.4, 0.5) is 10.1 Å². The van der Waals surface area contributed by atoms with Crippen LogP contribution in [-0.2, 0) is 17.1 Å². The third-order valence-corrected chi connectivity index (χ3v) is 7.10. The Morgan fingerprint density at radius 1 is 1.11 bits per heavy atom. The predicted molar refractivity (Wildman–Crippen MR) is 102 cm³/mol. The fraction of sp³-hybridized carbons (Fsp3) is 0.421. The van der Waals surface area contributed by atoms with Crippen molar-refractivity contribution in [3.63, 3.8) is 0 Å². The first-order chi connectivity index (χ1) is 12.7. The molecule has 0 bridgehead atoms. The van der Waals surface area contributed by atoms with E-state index in [1.807, 2.05) is 0 Å². The van der Waals surface area contributed by atoms with E-state index in [2.05, 4.69) is 5.32 Å². The van der Waals surface area contributed by atoms with Gasteiger partial charge in [-0.2, -0.15) is 4.31 Å². The Hall–Kier alpha value is -2.19. The molecular formula is C19H24FN3O3S. The molecule has 1 saturated heterocycles. The number of benzene rings is 1. The number of hydrogen-bond donors (Lipinski definition) is 1. The highest BCUT2D eigenvalue weighted by Gasteiger charge is 2.30. The number of amides is 1. The van der Waals surface area contributed by atoms with Crippen LogP contribution in [-0.4, -0.2) is 36.3 Å². The van der Waals surface area contributed by atoms with Gasteiger partial charge in [-0.3, -0.25) is 4.79 Å². The molecule has 1 aromatic carbocycles. The smallest absolute Gasteiger partial charge is 0.272 e. The average molecular weight is 393 g/mol. The molecule has 0 spiro atoms. The van der Waals surface area contributed by atoms with Crippen molar-refractivity contribution in [2.24, 2.45) is 7.05 Å². The average Bonchev–Trinajstić information content (AvgIpc) is 2.95. The van der Waals surface area contributed by atoms with Crippen molar-refractivity contribution in [3.05, 3.63) is 47.0 Å². The summed E-state index contributed by atoms with van der Waals surface area (Å²) < 4.78 is 42.7. The zero-order valence-corrected chi connectivity index (χ0v) is 16.6. The first-order valence-electron chi connectivity index (χ1n) is 8.96. The highest BCUT2D eigenvalue weighted by molar-refractivity contribution is 7.89. The van der Waals surface area contributed by atoms with E-state index in [0.717, 1.165) is 19.3 Å². The maximum Gasteiger partial charge on any atom is 0.272 e. The van der Waals surface area contributed by atoms with Gasteiger partial charge in [-0.05, 0) is 50.5 Å². The monoisotopic (exact) mass is 393 g/mol. The van der Waals surface area contributed by atoms with Gasteiger partial charge >= 0.3 is 0 Å². The maximum absolute atomic E-state index is 13.7. The lowest BCUT2D eigenvalue weighted by Crippen LogP contribution is -2.35. The molecule has 0 radical (unpaired) electrons. The van der Waals surface area contributed by atoms with E-state index in [1.165, 1.54) is 16.4 Å². The second-order valence-electron chi connectivity index (χ2n) is 6.92. The number of halogens is 1. The predicted octanol–water partition coefficient (Wildman–Crippen LogP) is 3.21. The molecule has 6 nitrogen and oxygen atoms in total. The fourth-order valence-electron chi connectivity index (χ4n) is 3.26. The van der Waals surface area contributed by atoms with Gasteiger partial charge in [-0.25, -0.2) is 12.8 Å². The minimum atomic E-state index is -3.64. The number of carbonyl (C=O) groups excluding carboxylic acids is 1. The number of nitrogens with one attached hydrogen (secondary N) is 1. The fourth-order valence-corrected chi connectivity index (χ4v) is 5.05. The highest BCUT2D eigenvalue weighted by atomic mass is 32.2. The number of anilines is 1. The van der Waals surface area contributed by atoms with Crippen molar-refractivity contribution in [3.8, 4) is 0 Å². The van der Waals surface area contributed by atoms with Crippen molar-refractivity contribution in [1.29, 1.82) is 0 Å². The molecule has 2 aromatic rings. The van der Waals surface area contributed by atoms with Gasteiger partial charge in [0.2, 0.25) is 10.0 Å². The Balaban J connectivity index is 1.90. The van der Waals surface area contributed by atoms with Crippen LogP contribution in [0.1, 0.15) is 41.0 Å². The Bertz CT molecular complexity index is 976. The molecule has 8 heteroatoms. The van der Waals surface area contributed by atoms with Gasteiger partial charge in [0.25, 0.3) is 5.91 Å². The second kappa shape index (κ2) is 7.44. The molecule has 0 saturated carbocycles. The van der Waals surface area contributed by atoms with Gasteiger partial charge in [0.15, 0.2) is 0 Å². The van der Waals surface area contributed by atoms with Gasteiger partial charge in [-0.1, -0.05) is 12.5 Å². The minimum Gasteiger partial charge on any atom is -0.343 e. The number of nitrogens with zero attached hydrogens (tertiary/aromatic N) is 2. The minimum absolute atomic E-state index is 0.145. The highest BCUT2D eigenvalue weighted by Crippen LogP contribution is 2.26. The summed E-state index contributed by atoms with van der Waals surface area (Å²) in [5, 5.41) is 2.63. The van der Waals surface area contributed by atoms with E-state index in [9.17, 15) is 17.6 Å². The van der Waals surface area contributed by atoms with Gasteiger partial charge in [-0.15, -0.1) is 0 Å². The lowest BCUT2D eigenvalue weighted by Gasteiger charge is -2.25. The molecule has 146 valence electrons.